The molecule has 1 N–H and O–H groups in total. The van der Waals surface area contributed by atoms with Gasteiger partial charge in [0.2, 0.25) is 0 Å². The minimum atomic E-state index is -4.80. The Balaban J connectivity index is 1.38. The molecule has 0 bridgehead atoms. The van der Waals surface area contributed by atoms with Gasteiger partial charge in [0.15, 0.2) is 5.69 Å². The van der Waals surface area contributed by atoms with Crippen LogP contribution in [-0.2, 0) is 22.2 Å². The molecule has 0 aliphatic carbocycles. The number of carbonyl (C=O) groups excluding carboxylic acids is 1. The van der Waals surface area contributed by atoms with E-state index in [-0.39, 0.29) is 17.2 Å². The third-order valence-electron chi connectivity index (χ3n) is 7.20. The van der Waals surface area contributed by atoms with Crippen LogP contribution in [0.5, 0.6) is 0 Å². The van der Waals surface area contributed by atoms with Crippen LogP contribution in [0.2, 0.25) is 0 Å². The summed E-state index contributed by atoms with van der Waals surface area (Å²) in [7, 11) is 0. The van der Waals surface area contributed by atoms with Gasteiger partial charge in [-0.2, -0.15) is 13.2 Å². The number of pyridine rings is 1. The number of anilines is 1. The molecular formula is C29H34F3N5O3S. The van der Waals surface area contributed by atoms with Gasteiger partial charge >= 0.3 is 6.18 Å². The summed E-state index contributed by atoms with van der Waals surface area (Å²) in [6, 6.07) is 10.7. The van der Waals surface area contributed by atoms with Crippen molar-refractivity contribution >= 4 is 22.9 Å². The standard InChI is InChI=1S/C29H34F3N5O3S/c1-18-15-37(16-19(2)40-18)23-8-4-6-21(14-23)20(3)34-27(38)25-26(29(30,31)32)35-28(41-25)24-22(7-5-9-33-24)17-36-10-12-39-13-11-36/h4-9,14,18-20H,10-13,15-17H2,1-3H3,(H,34,38). The first-order valence-electron chi connectivity index (χ1n) is 13.7. The number of nitrogens with zero attached hydrogens (tertiary/aromatic N) is 4. The first-order valence-corrected chi connectivity index (χ1v) is 14.5. The number of hydrogen-bond acceptors (Lipinski definition) is 8. The van der Waals surface area contributed by atoms with Crippen LogP contribution in [0.25, 0.3) is 10.7 Å². The summed E-state index contributed by atoms with van der Waals surface area (Å²) < 4.78 is 53.5. The predicted molar refractivity (Wildman–Crippen MR) is 151 cm³/mol. The number of nitrogens with one attached hydrogen (secondary N) is 1. The van der Waals surface area contributed by atoms with Crippen molar-refractivity contribution < 1.29 is 27.4 Å². The molecule has 41 heavy (non-hydrogen) atoms. The molecule has 2 aliphatic rings. The van der Waals surface area contributed by atoms with Gasteiger partial charge in [0, 0.05) is 44.6 Å². The fourth-order valence-electron chi connectivity index (χ4n) is 5.25. The second-order valence-corrected chi connectivity index (χ2v) is 11.5. The highest BCUT2D eigenvalue weighted by Gasteiger charge is 2.40. The summed E-state index contributed by atoms with van der Waals surface area (Å²) in [6.07, 6.45) is -3.12. The molecule has 2 aromatic heterocycles. The number of hydrogen-bond donors (Lipinski definition) is 1. The Labute approximate surface area is 241 Å². The van der Waals surface area contributed by atoms with Crippen molar-refractivity contribution in [2.24, 2.45) is 0 Å². The lowest BCUT2D eigenvalue weighted by Gasteiger charge is -2.37. The van der Waals surface area contributed by atoms with Gasteiger partial charge < -0.3 is 19.7 Å². The van der Waals surface area contributed by atoms with E-state index in [1.807, 2.05) is 44.2 Å². The number of ether oxygens (including phenoxy) is 2. The highest BCUT2D eigenvalue weighted by atomic mass is 32.1. The topological polar surface area (TPSA) is 79.8 Å². The average Bonchev–Trinajstić information content (AvgIpc) is 3.40. The van der Waals surface area contributed by atoms with Crippen molar-refractivity contribution in [2.45, 2.75) is 51.7 Å². The van der Waals surface area contributed by atoms with Crippen molar-refractivity contribution in [3.63, 3.8) is 0 Å². The van der Waals surface area contributed by atoms with Gasteiger partial charge in [0.25, 0.3) is 5.91 Å². The van der Waals surface area contributed by atoms with E-state index >= 15 is 0 Å². The number of alkyl halides is 3. The third-order valence-corrected chi connectivity index (χ3v) is 8.26. The molecule has 1 aromatic carbocycles. The van der Waals surface area contributed by atoms with Crippen molar-refractivity contribution in [3.05, 3.63) is 64.3 Å². The molecule has 0 saturated carbocycles. The van der Waals surface area contributed by atoms with E-state index in [1.165, 1.54) is 6.20 Å². The highest BCUT2D eigenvalue weighted by molar-refractivity contribution is 7.17. The first-order chi connectivity index (χ1) is 19.6. The van der Waals surface area contributed by atoms with E-state index in [9.17, 15) is 18.0 Å². The van der Waals surface area contributed by atoms with Gasteiger partial charge in [0.1, 0.15) is 15.6 Å². The van der Waals surface area contributed by atoms with Crippen LogP contribution in [-0.4, -0.2) is 72.4 Å². The average molecular weight is 590 g/mol. The Hall–Kier alpha value is -3.06. The molecule has 1 amide bonds. The van der Waals surface area contributed by atoms with E-state index in [0.29, 0.717) is 36.8 Å². The lowest BCUT2D eigenvalue weighted by molar-refractivity contribution is -0.141. The van der Waals surface area contributed by atoms with Crippen LogP contribution in [0.15, 0.2) is 42.6 Å². The van der Waals surface area contributed by atoms with Gasteiger partial charge in [0.05, 0.1) is 31.5 Å². The molecule has 2 fully saturated rings. The maximum atomic E-state index is 14.1. The van der Waals surface area contributed by atoms with E-state index in [0.717, 1.165) is 43.0 Å². The van der Waals surface area contributed by atoms with Gasteiger partial charge in [-0.15, -0.1) is 11.3 Å². The van der Waals surface area contributed by atoms with Crippen molar-refractivity contribution in [3.8, 4) is 10.7 Å². The maximum Gasteiger partial charge on any atom is 0.435 e. The molecule has 12 heteroatoms. The quantitative estimate of drug-likeness (QED) is 0.408. The Morgan fingerprint density at radius 3 is 2.59 bits per heavy atom. The van der Waals surface area contributed by atoms with Crippen LogP contribution >= 0.6 is 11.3 Å². The summed E-state index contributed by atoms with van der Waals surface area (Å²) in [6.45, 7) is 10.4. The molecule has 3 unspecified atom stereocenters. The lowest BCUT2D eigenvalue weighted by Crippen LogP contribution is -2.45. The van der Waals surface area contributed by atoms with Crippen LogP contribution in [0.4, 0.5) is 18.9 Å². The van der Waals surface area contributed by atoms with Gasteiger partial charge in [-0.25, -0.2) is 4.98 Å². The summed E-state index contributed by atoms with van der Waals surface area (Å²) in [5.41, 5.74) is 1.67. The van der Waals surface area contributed by atoms with Gasteiger partial charge in [-0.05, 0) is 50.1 Å². The highest BCUT2D eigenvalue weighted by Crippen LogP contribution is 2.38. The SMILES string of the molecule is CC1CN(c2cccc(C(C)NC(=O)c3sc(-c4ncccc4CN4CCOCC4)nc3C(F)(F)F)c2)CC(C)O1. The Morgan fingerprint density at radius 2 is 1.88 bits per heavy atom. The number of thiazole rings is 1. The first kappa shape index (κ1) is 29.4. The van der Waals surface area contributed by atoms with Crippen LogP contribution in [0.1, 0.15) is 53.3 Å². The molecule has 3 atom stereocenters. The van der Waals surface area contributed by atoms with E-state index < -0.39 is 28.7 Å². The molecule has 0 spiro atoms. The Morgan fingerprint density at radius 1 is 1.15 bits per heavy atom. The maximum absolute atomic E-state index is 14.1. The normalized spacial score (nSPS) is 21.1. The van der Waals surface area contributed by atoms with E-state index in [2.05, 4.69) is 25.1 Å². The predicted octanol–water partition coefficient (Wildman–Crippen LogP) is 5.16. The number of rotatable bonds is 7. The molecule has 0 radical (unpaired) electrons. The lowest BCUT2D eigenvalue weighted by atomic mass is 10.1. The molecule has 4 heterocycles. The summed E-state index contributed by atoms with van der Waals surface area (Å²) in [4.78, 5) is 25.5. The van der Waals surface area contributed by atoms with Crippen molar-refractivity contribution in [1.82, 2.24) is 20.2 Å². The fourth-order valence-corrected chi connectivity index (χ4v) is 6.27. The second-order valence-electron chi connectivity index (χ2n) is 10.5. The molecular weight excluding hydrogens is 555 g/mol. The summed E-state index contributed by atoms with van der Waals surface area (Å²) in [5.74, 6) is -0.821. The van der Waals surface area contributed by atoms with Crippen molar-refractivity contribution in [1.29, 1.82) is 0 Å². The minimum absolute atomic E-state index is 0.0662. The zero-order valence-electron chi connectivity index (χ0n) is 23.3. The number of amides is 1. The molecule has 2 saturated heterocycles. The molecule has 3 aromatic rings. The fraction of sp³-hybridized carbons (Fsp3) is 0.483. The zero-order valence-corrected chi connectivity index (χ0v) is 24.1. The molecule has 8 nitrogen and oxygen atoms in total. The van der Waals surface area contributed by atoms with E-state index in [1.54, 1.807) is 13.0 Å². The molecule has 5 rings (SSSR count). The number of benzene rings is 1. The smallest absolute Gasteiger partial charge is 0.379 e. The minimum Gasteiger partial charge on any atom is -0.379 e. The number of carbonyl (C=O) groups is 1. The Kier molecular flexibility index (Phi) is 8.93. The number of aromatic nitrogens is 2. The van der Waals surface area contributed by atoms with Crippen LogP contribution in [0.3, 0.4) is 0 Å². The van der Waals surface area contributed by atoms with E-state index in [4.69, 9.17) is 9.47 Å². The zero-order chi connectivity index (χ0) is 29.1. The van der Waals surface area contributed by atoms with Gasteiger partial charge in [-0.1, -0.05) is 18.2 Å². The number of halogens is 3. The van der Waals surface area contributed by atoms with Crippen molar-refractivity contribution in [2.75, 3.05) is 44.3 Å². The monoisotopic (exact) mass is 589 g/mol. The summed E-state index contributed by atoms with van der Waals surface area (Å²) in [5, 5.41) is 2.83. The second kappa shape index (κ2) is 12.4. The largest absolute Gasteiger partial charge is 0.435 e. The Bertz CT molecular complexity index is 1350. The van der Waals surface area contributed by atoms with Crippen LogP contribution < -0.4 is 10.2 Å². The third kappa shape index (κ3) is 7.06. The number of morpholine rings is 2. The molecule has 2 aliphatic heterocycles. The molecule has 220 valence electrons. The van der Waals surface area contributed by atoms with Crippen LogP contribution in [0, 0.1) is 0 Å². The summed E-state index contributed by atoms with van der Waals surface area (Å²) >= 11 is 0.716. The van der Waals surface area contributed by atoms with Gasteiger partial charge in [-0.3, -0.25) is 14.7 Å².